The van der Waals surface area contributed by atoms with Crippen molar-refractivity contribution < 1.29 is 13.2 Å². The molecule has 0 saturated carbocycles. The summed E-state index contributed by atoms with van der Waals surface area (Å²) < 4.78 is 24.4. The first-order chi connectivity index (χ1) is 13.7. The lowest BCUT2D eigenvalue weighted by Crippen LogP contribution is -2.37. The number of anilines is 1. The highest BCUT2D eigenvalue weighted by Gasteiger charge is 2.49. The van der Waals surface area contributed by atoms with Crippen LogP contribution in [0.2, 0.25) is 0 Å². The molecule has 0 aliphatic carbocycles. The number of hydrogen-bond acceptors (Lipinski definition) is 4. The zero-order valence-corrected chi connectivity index (χ0v) is 18.4. The number of amidine groups is 1. The van der Waals surface area contributed by atoms with E-state index in [0.717, 1.165) is 27.9 Å². The maximum Gasteiger partial charge on any atom is 0.252 e. The Hall–Kier alpha value is -2.12. The molecule has 0 aromatic heterocycles. The van der Waals surface area contributed by atoms with Crippen LogP contribution in [0.5, 0.6) is 0 Å². The van der Waals surface area contributed by atoms with E-state index in [9.17, 15) is 13.2 Å². The van der Waals surface area contributed by atoms with E-state index < -0.39 is 9.84 Å². The summed E-state index contributed by atoms with van der Waals surface area (Å²) in [5, 5.41) is 0.517. The molecule has 0 N–H and O–H groups in total. The standard InChI is InChI=1S/C22H24N2O3S2/c1-14-5-4-6-17(8-14)11-21(25)23-22-24(18-9-15(2)7-16(3)10-18)19-12-29(26,27)13-20(19)28-22/h4-10,19-20H,11-13H2,1-3H3/t19-,20-/m1/s1. The van der Waals surface area contributed by atoms with Gasteiger partial charge in [0.15, 0.2) is 15.0 Å². The third-order valence-corrected chi connectivity index (χ3v) is 8.42. The highest BCUT2D eigenvalue weighted by molar-refractivity contribution is 8.16. The lowest BCUT2D eigenvalue weighted by molar-refractivity contribution is -0.117. The van der Waals surface area contributed by atoms with Gasteiger partial charge in [-0.05, 0) is 49.6 Å². The molecule has 5 nitrogen and oxygen atoms in total. The third kappa shape index (κ3) is 4.41. The molecule has 2 atom stereocenters. The van der Waals surface area contributed by atoms with Crippen molar-refractivity contribution in [3.63, 3.8) is 0 Å². The number of sulfone groups is 1. The molecule has 2 aliphatic heterocycles. The van der Waals surface area contributed by atoms with Gasteiger partial charge in [0.2, 0.25) is 0 Å². The number of fused-ring (bicyclic) bond motifs is 1. The molecule has 4 rings (SSSR count). The summed E-state index contributed by atoms with van der Waals surface area (Å²) in [6, 6.07) is 13.8. The number of carbonyl (C=O) groups is 1. The first kappa shape index (κ1) is 20.2. The Morgan fingerprint density at radius 1 is 1.07 bits per heavy atom. The summed E-state index contributed by atoms with van der Waals surface area (Å²) in [6.45, 7) is 6.03. The largest absolute Gasteiger partial charge is 0.316 e. The lowest BCUT2D eigenvalue weighted by Gasteiger charge is -2.25. The summed E-state index contributed by atoms with van der Waals surface area (Å²) in [4.78, 5) is 19.1. The number of benzene rings is 2. The van der Waals surface area contributed by atoms with Gasteiger partial charge in [-0.25, -0.2) is 8.42 Å². The third-order valence-electron chi connectivity index (χ3n) is 5.21. The van der Waals surface area contributed by atoms with Crippen molar-refractivity contribution in [1.82, 2.24) is 0 Å². The second-order valence-electron chi connectivity index (χ2n) is 7.97. The molecule has 7 heteroatoms. The van der Waals surface area contributed by atoms with Crippen LogP contribution in [-0.4, -0.2) is 42.3 Å². The van der Waals surface area contributed by atoms with Gasteiger partial charge in [0, 0.05) is 10.9 Å². The van der Waals surface area contributed by atoms with Crippen LogP contribution in [0.1, 0.15) is 22.3 Å². The zero-order valence-electron chi connectivity index (χ0n) is 16.8. The van der Waals surface area contributed by atoms with Crippen molar-refractivity contribution in [3.05, 3.63) is 64.7 Å². The van der Waals surface area contributed by atoms with Crippen LogP contribution in [0.3, 0.4) is 0 Å². The number of aliphatic imine (C=N–C) groups is 1. The average molecular weight is 429 g/mol. The SMILES string of the molecule is Cc1cccc(CC(=O)N=C2S[C@@H]3CS(=O)(=O)C[C@H]3N2c2cc(C)cc(C)c2)c1. The van der Waals surface area contributed by atoms with Crippen molar-refractivity contribution in [2.75, 3.05) is 16.4 Å². The predicted molar refractivity (Wildman–Crippen MR) is 120 cm³/mol. The number of nitrogens with zero attached hydrogens (tertiary/aromatic N) is 2. The summed E-state index contributed by atoms with van der Waals surface area (Å²) in [5.74, 6) is 0.0209. The summed E-state index contributed by atoms with van der Waals surface area (Å²) in [5.41, 5.74) is 5.14. The van der Waals surface area contributed by atoms with E-state index >= 15 is 0 Å². The summed E-state index contributed by atoms with van der Waals surface area (Å²) in [7, 11) is -3.07. The summed E-state index contributed by atoms with van der Waals surface area (Å²) >= 11 is 1.42. The Bertz CT molecular complexity index is 1090. The molecule has 0 bridgehead atoms. The number of carbonyl (C=O) groups excluding carboxylic acids is 1. The quantitative estimate of drug-likeness (QED) is 0.749. The molecule has 2 aliphatic rings. The van der Waals surface area contributed by atoms with Crippen LogP contribution < -0.4 is 4.90 Å². The van der Waals surface area contributed by atoms with E-state index in [0.29, 0.717) is 5.17 Å². The van der Waals surface area contributed by atoms with Crippen molar-refractivity contribution in [2.24, 2.45) is 4.99 Å². The molecule has 2 aromatic carbocycles. The molecule has 0 radical (unpaired) electrons. The zero-order chi connectivity index (χ0) is 20.8. The first-order valence-corrected chi connectivity index (χ1v) is 12.3. The molecular formula is C22H24N2O3S2. The van der Waals surface area contributed by atoms with Gasteiger partial charge in [-0.2, -0.15) is 4.99 Å². The smallest absolute Gasteiger partial charge is 0.252 e. The van der Waals surface area contributed by atoms with Gasteiger partial charge in [-0.1, -0.05) is 47.7 Å². The second kappa shape index (κ2) is 7.61. The Balaban J connectivity index is 1.67. The summed E-state index contributed by atoms with van der Waals surface area (Å²) in [6.07, 6.45) is 0.236. The fourth-order valence-electron chi connectivity index (χ4n) is 4.10. The first-order valence-electron chi connectivity index (χ1n) is 9.62. The Kier molecular flexibility index (Phi) is 5.29. The number of hydrogen-bond donors (Lipinski definition) is 0. The fourth-order valence-corrected chi connectivity index (χ4v) is 8.03. The molecule has 152 valence electrons. The van der Waals surface area contributed by atoms with Crippen LogP contribution in [0.25, 0.3) is 0 Å². The van der Waals surface area contributed by atoms with Crippen molar-refractivity contribution in [1.29, 1.82) is 0 Å². The molecule has 0 unspecified atom stereocenters. The predicted octanol–water partition coefficient (Wildman–Crippen LogP) is 3.46. The van der Waals surface area contributed by atoms with Gasteiger partial charge in [0.05, 0.1) is 24.0 Å². The number of rotatable bonds is 3. The van der Waals surface area contributed by atoms with Crippen LogP contribution >= 0.6 is 11.8 Å². The maximum atomic E-state index is 12.7. The second-order valence-corrected chi connectivity index (χ2v) is 11.3. The average Bonchev–Trinajstić information content (AvgIpc) is 3.04. The molecule has 2 saturated heterocycles. The van der Waals surface area contributed by atoms with Gasteiger partial charge in [-0.3, -0.25) is 4.79 Å². The Labute approximate surface area is 176 Å². The van der Waals surface area contributed by atoms with Crippen LogP contribution in [0.15, 0.2) is 47.5 Å². The molecule has 2 fully saturated rings. The molecule has 2 aromatic rings. The molecule has 1 amide bonds. The highest BCUT2D eigenvalue weighted by atomic mass is 32.2. The number of aryl methyl sites for hydroxylation is 3. The molecule has 29 heavy (non-hydrogen) atoms. The van der Waals surface area contributed by atoms with Crippen LogP contribution in [0.4, 0.5) is 5.69 Å². The molecule has 0 spiro atoms. The molecule has 2 heterocycles. The molecular weight excluding hydrogens is 404 g/mol. The van der Waals surface area contributed by atoms with Crippen LogP contribution in [-0.2, 0) is 21.1 Å². The minimum Gasteiger partial charge on any atom is -0.316 e. The Morgan fingerprint density at radius 2 is 1.79 bits per heavy atom. The van der Waals surface area contributed by atoms with E-state index in [1.165, 1.54) is 11.8 Å². The fraction of sp³-hybridized carbons (Fsp3) is 0.364. The van der Waals surface area contributed by atoms with E-state index in [1.807, 2.05) is 62.1 Å². The minimum atomic E-state index is -3.07. The van der Waals surface area contributed by atoms with Gasteiger partial charge in [-0.15, -0.1) is 0 Å². The topological polar surface area (TPSA) is 66.8 Å². The maximum absolute atomic E-state index is 12.7. The van der Waals surface area contributed by atoms with Crippen molar-refractivity contribution in [3.8, 4) is 0 Å². The Morgan fingerprint density at radius 3 is 2.48 bits per heavy atom. The normalized spacial score (nSPS) is 24.1. The van der Waals surface area contributed by atoms with E-state index in [-0.39, 0.29) is 35.1 Å². The van der Waals surface area contributed by atoms with Gasteiger partial charge in [0.25, 0.3) is 5.91 Å². The van der Waals surface area contributed by atoms with Crippen molar-refractivity contribution in [2.45, 2.75) is 38.5 Å². The van der Waals surface area contributed by atoms with Crippen LogP contribution in [0, 0.1) is 20.8 Å². The minimum absolute atomic E-state index is 0.0914. The van der Waals surface area contributed by atoms with E-state index in [1.54, 1.807) is 0 Å². The van der Waals surface area contributed by atoms with Gasteiger partial charge < -0.3 is 4.90 Å². The van der Waals surface area contributed by atoms with E-state index in [4.69, 9.17) is 0 Å². The number of thioether (sulfide) groups is 1. The lowest BCUT2D eigenvalue weighted by atomic mass is 10.1. The van der Waals surface area contributed by atoms with E-state index in [2.05, 4.69) is 11.1 Å². The monoisotopic (exact) mass is 428 g/mol. The highest BCUT2D eigenvalue weighted by Crippen LogP contribution is 2.41. The van der Waals surface area contributed by atoms with Gasteiger partial charge >= 0.3 is 0 Å². The van der Waals surface area contributed by atoms with Gasteiger partial charge in [0.1, 0.15) is 0 Å². The number of amides is 1. The van der Waals surface area contributed by atoms with Crippen molar-refractivity contribution >= 4 is 38.4 Å².